The van der Waals surface area contributed by atoms with Crippen LogP contribution in [0.15, 0.2) is 54.7 Å². The Labute approximate surface area is 195 Å². The molecule has 1 aliphatic rings. The van der Waals surface area contributed by atoms with Crippen molar-refractivity contribution in [1.29, 1.82) is 0 Å². The first-order chi connectivity index (χ1) is 15.7. The van der Waals surface area contributed by atoms with Gasteiger partial charge in [-0.3, -0.25) is 9.78 Å². The van der Waals surface area contributed by atoms with Gasteiger partial charge in [0, 0.05) is 28.2 Å². The molecule has 0 saturated heterocycles. The lowest BCUT2D eigenvalue weighted by molar-refractivity contribution is -0.136. The lowest BCUT2D eigenvalue weighted by Gasteiger charge is -2.33. The third kappa shape index (κ3) is 5.41. The highest BCUT2D eigenvalue weighted by Crippen LogP contribution is 2.37. The number of para-hydroxylation sites is 1. The smallest absolute Gasteiger partial charge is 0.418 e. The van der Waals surface area contributed by atoms with E-state index in [0.29, 0.717) is 27.6 Å². The zero-order valence-corrected chi connectivity index (χ0v) is 18.8. The summed E-state index contributed by atoms with van der Waals surface area (Å²) in [4.78, 5) is 16.4. The highest BCUT2D eigenvalue weighted by Gasteiger charge is 2.34. The molecule has 33 heavy (non-hydrogen) atoms. The van der Waals surface area contributed by atoms with Gasteiger partial charge in [0.25, 0.3) is 5.91 Å². The number of hydrogen-bond acceptors (Lipinski definition) is 3. The number of alkyl halides is 3. The quantitative estimate of drug-likeness (QED) is 0.447. The minimum atomic E-state index is -4.48. The maximum absolute atomic E-state index is 13.3. The van der Waals surface area contributed by atoms with Gasteiger partial charge in [-0.1, -0.05) is 17.7 Å². The summed E-state index contributed by atoms with van der Waals surface area (Å²) in [6, 6.07) is 12.4. The number of carbonyl (C=O) groups is 1. The Hall–Kier alpha value is -2.80. The van der Waals surface area contributed by atoms with E-state index in [1.807, 2.05) is 6.92 Å². The summed E-state index contributed by atoms with van der Waals surface area (Å²) >= 11 is 5.88. The van der Waals surface area contributed by atoms with Crippen LogP contribution in [0.25, 0.3) is 10.9 Å². The van der Waals surface area contributed by atoms with Gasteiger partial charge < -0.3 is 10.1 Å². The Morgan fingerprint density at radius 2 is 1.79 bits per heavy atom. The summed E-state index contributed by atoms with van der Waals surface area (Å²) in [5, 5.41) is 3.99. The number of nitrogens with one attached hydrogen (secondary N) is 1. The molecule has 1 atom stereocenters. The molecule has 1 aliphatic carbocycles. The minimum Gasteiger partial charge on any atom is -0.490 e. The van der Waals surface area contributed by atoms with E-state index in [1.165, 1.54) is 12.3 Å². The van der Waals surface area contributed by atoms with Crippen molar-refractivity contribution in [3.05, 3.63) is 70.9 Å². The SMILES string of the molecule is CC(NC(=O)c1ccc(Cl)cc1)[C@H]1CC[C@H](Oc2ccnc3c(C(F)(F)F)cccc23)CC1. The molecule has 0 bridgehead atoms. The maximum atomic E-state index is 13.3. The normalized spacial score (nSPS) is 19.8. The van der Waals surface area contributed by atoms with Gasteiger partial charge in [0.05, 0.1) is 17.2 Å². The molecule has 0 spiro atoms. The summed E-state index contributed by atoms with van der Waals surface area (Å²) in [6.07, 6.45) is -0.000495. The lowest BCUT2D eigenvalue weighted by atomic mass is 9.83. The van der Waals surface area contributed by atoms with Crippen LogP contribution >= 0.6 is 11.6 Å². The van der Waals surface area contributed by atoms with Crippen molar-refractivity contribution in [3.8, 4) is 5.75 Å². The predicted octanol–water partition coefficient (Wildman–Crippen LogP) is 6.66. The number of pyridine rings is 1. The van der Waals surface area contributed by atoms with E-state index in [2.05, 4.69) is 10.3 Å². The second-order valence-corrected chi connectivity index (χ2v) is 8.87. The van der Waals surface area contributed by atoms with Gasteiger partial charge in [0.15, 0.2) is 0 Å². The van der Waals surface area contributed by atoms with Crippen LogP contribution < -0.4 is 10.1 Å². The Morgan fingerprint density at radius 1 is 1.09 bits per heavy atom. The second-order valence-electron chi connectivity index (χ2n) is 8.43. The van der Waals surface area contributed by atoms with E-state index in [1.54, 1.807) is 36.4 Å². The number of carbonyl (C=O) groups excluding carboxylic acids is 1. The fourth-order valence-corrected chi connectivity index (χ4v) is 4.50. The van der Waals surface area contributed by atoms with Crippen molar-refractivity contribution in [2.45, 2.75) is 50.9 Å². The van der Waals surface area contributed by atoms with Crippen LogP contribution in [-0.2, 0) is 6.18 Å². The van der Waals surface area contributed by atoms with E-state index < -0.39 is 11.7 Å². The third-order valence-corrected chi connectivity index (χ3v) is 6.47. The molecular formula is C25H24ClF3N2O2. The molecule has 1 unspecified atom stereocenters. The third-order valence-electron chi connectivity index (χ3n) is 6.22. The van der Waals surface area contributed by atoms with Crippen molar-refractivity contribution in [2.75, 3.05) is 0 Å². The van der Waals surface area contributed by atoms with Crippen LogP contribution in [0.3, 0.4) is 0 Å². The Kier molecular flexibility index (Phi) is 6.79. The summed E-state index contributed by atoms with van der Waals surface area (Å²) in [5.41, 5.74) is -0.305. The first-order valence-electron chi connectivity index (χ1n) is 10.9. The minimum absolute atomic E-state index is 0.00905. The zero-order chi connectivity index (χ0) is 23.6. The fraction of sp³-hybridized carbons (Fsp3) is 0.360. The lowest BCUT2D eigenvalue weighted by Crippen LogP contribution is -2.40. The molecule has 1 amide bonds. The van der Waals surface area contributed by atoms with Crippen LogP contribution in [0.5, 0.6) is 5.75 Å². The number of ether oxygens (including phenoxy) is 1. The molecule has 1 heterocycles. The number of rotatable bonds is 5. The number of fused-ring (bicyclic) bond motifs is 1. The van der Waals surface area contributed by atoms with E-state index in [9.17, 15) is 18.0 Å². The van der Waals surface area contributed by atoms with Crippen molar-refractivity contribution < 1.29 is 22.7 Å². The van der Waals surface area contributed by atoms with E-state index in [4.69, 9.17) is 16.3 Å². The van der Waals surface area contributed by atoms with Gasteiger partial charge in [-0.25, -0.2) is 0 Å². The topological polar surface area (TPSA) is 51.2 Å². The van der Waals surface area contributed by atoms with Crippen molar-refractivity contribution in [2.24, 2.45) is 5.92 Å². The summed E-state index contributed by atoms with van der Waals surface area (Å²) in [5.74, 6) is 0.576. The van der Waals surface area contributed by atoms with Crippen molar-refractivity contribution in [1.82, 2.24) is 10.3 Å². The molecular weight excluding hydrogens is 453 g/mol. The number of halogens is 4. The maximum Gasteiger partial charge on any atom is 0.418 e. The van der Waals surface area contributed by atoms with Gasteiger partial charge in [0.1, 0.15) is 5.75 Å². The average Bonchev–Trinajstić information content (AvgIpc) is 2.79. The molecule has 1 N–H and O–H groups in total. The summed E-state index contributed by atoms with van der Waals surface area (Å²) in [6.45, 7) is 1.99. The van der Waals surface area contributed by atoms with Crippen molar-refractivity contribution >= 4 is 28.4 Å². The number of nitrogens with zero attached hydrogens (tertiary/aromatic N) is 1. The highest BCUT2D eigenvalue weighted by atomic mass is 35.5. The molecule has 0 aliphatic heterocycles. The first-order valence-corrected chi connectivity index (χ1v) is 11.3. The molecule has 174 valence electrons. The molecule has 4 nitrogen and oxygen atoms in total. The fourth-order valence-electron chi connectivity index (χ4n) is 4.38. The van der Waals surface area contributed by atoms with Gasteiger partial charge >= 0.3 is 6.18 Å². The molecule has 4 rings (SSSR count). The second kappa shape index (κ2) is 9.59. The molecule has 1 saturated carbocycles. The largest absolute Gasteiger partial charge is 0.490 e. The monoisotopic (exact) mass is 476 g/mol. The molecule has 0 radical (unpaired) electrons. The molecule has 1 fully saturated rings. The average molecular weight is 477 g/mol. The van der Waals surface area contributed by atoms with Gasteiger partial charge in [-0.2, -0.15) is 13.2 Å². The van der Waals surface area contributed by atoms with Crippen molar-refractivity contribution in [3.63, 3.8) is 0 Å². The molecule has 3 aromatic rings. The number of amides is 1. The number of aromatic nitrogens is 1. The Balaban J connectivity index is 1.37. The first kappa shape index (κ1) is 23.4. The van der Waals surface area contributed by atoms with Crippen LogP contribution in [0.1, 0.15) is 48.5 Å². The predicted molar refractivity (Wildman–Crippen MR) is 121 cm³/mol. The number of hydrogen-bond donors (Lipinski definition) is 1. The molecule has 1 aromatic heterocycles. The van der Waals surface area contributed by atoms with Gasteiger partial charge in [0.2, 0.25) is 0 Å². The zero-order valence-electron chi connectivity index (χ0n) is 18.0. The van der Waals surface area contributed by atoms with Gasteiger partial charge in [-0.05, 0) is 81.0 Å². The standard InChI is InChI=1S/C25H24ClF3N2O2/c1-15(31-24(32)17-5-9-18(26)10-6-17)16-7-11-19(12-8-16)33-22-13-14-30-23-20(22)3-2-4-21(23)25(27,28)29/h2-6,9-10,13-16,19H,7-8,11-12H2,1H3,(H,31,32)/t15?,16-,19-. The van der Waals surface area contributed by atoms with Gasteiger partial charge in [-0.15, -0.1) is 0 Å². The van der Waals surface area contributed by atoms with Crippen LogP contribution in [0.4, 0.5) is 13.2 Å². The Morgan fingerprint density at radius 3 is 2.45 bits per heavy atom. The molecule has 8 heteroatoms. The van der Waals surface area contributed by atoms with E-state index >= 15 is 0 Å². The number of benzene rings is 2. The molecule has 2 aromatic carbocycles. The summed E-state index contributed by atoms with van der Waals surface area (Å²) < 4.78 is 46.1. The van der Waals surface area contributed by atoms with E-state index in [-0.39, 0.29) is 23.6 Å². The van der Waals surface area contributed by atoms with Crippen LogP contribution in [-0.4, -0.2) is 23.0 Å². The van der Waals surface area contributed by atoms with E-state index in [0.717, 1.165) is 31.7 Å². The highest BCUT2D eigenvalue weighted by molar-refractivity contribution is 6.30. The summed E-state index contributed by atoms with van der Waals surface area (Å²) in [7, 11) is 0. The van der Waals surface area contributed by atoms with Crippen LogP contribution in [0, 0.1) is 5.92 Å². The van der Waals surface area contributed by atoms with Crippen LogP contribution in [0.2, 0.25) is 5.02 Å². The Bertz CT molecular complexity index is 1130.